The van der Waals surface area contributed by atoms with Gasteiger partial charge in [0.15, 0.2) is 0 Å². The summed E-state index contributed by atoms with van der Waals surface area (Å²) >= 11 is 1.57. The topological polar surface area (TPSA) is 114 Å². The number of thioether (sulfide) groups is 1. The number of rotatable bonds is 6. The maximum absolute atomic E-state index is 12.7. The van der Waals surface area contributed by atoms with Crippen molar-refractivity contribution < 1.29 is 28.7 Å². The quantitative estimate of drug-likeness (QED) is 0.624. The van der Waals surface area contributed by atoms with E-state index in [1.54, 1.807) is 23.6 Å². The number of fused-ring (bicyclic) bond motifs is 1. The molecule has 0 saturated carbocycles. The Kier molecular flexibility index (Phi) is 5.87. The molecule has 2 saturated heterocycles. The van der Waals surface area contributed by atoms with Gasteiger partial charge in [-0.2, -0.15) is 0 Å². The van der Waals surface area contributed by atoms with Gasteiger partial charge in [-0.05, 0) is 26.7 Å². The zero-order valence-corrected chi connectivity index (χ0v) is 17.0. The highest BCUT2D eigenvalue weighted by Gasteiger charge is 2.53. The summed E-state index contributed by atoms with van der Waals surface area (Å²) in [6.07, 6.45) is 1.61. The SMILES string of the molecule is CCOC(=O)C1=C(COC(=O)[C@H]2CS[C@@]3(C)CCC(=O)N23)NC(=O)N[C@H]1CC. The van der Waals surface area contributed by atoms with E-state index in [4.69, 9.17) is 9.47 Å². The van der Waals surface area contributed by atoms with Gasteiger partial charge in [0.05, 0.1) is 28.8 Å². The van der Waals surface area contributed by atoms with E-state index in [9.17, 15) is 19.2 Å². The maximum atomic E-state index is 12.7. The molecule has 0 aliphatic carbocycles. The number of amides is 3. The lowest BCUT2D eigenvalue weighted by Crippen LogP contribution is -2.51. The van der Waals surface area contributed by atoms with Gasteiger partial charge in [0.1, 0.15) is 12.6 Å². The van der Waals surface area contributed by atoms with Gasteiger partial charge in [-0.15, -0.1) is 11.8 Å². The molecule has 154 valence electrons. The Balaban J connectivity index is 1.75. The summed E-state index contributed by atoms with van der Waals surface area (Å²) in [5.41, 5.74) is 0.461. The Morgan fingerprint density at radius 3 is 2.71 bits per heavy atom. The van der Waals surface area contributed by atoms with E-state index in [-0.39, 0.29) is 35.3 Å². The van der Waals surface area contributed by atoms with E-state index >= 15 is 0 Å². The molecule has 0 aromatic heterocycles. The average molecular weight is 411 g/mol. The fourth-order valence-electron chi connectivity index (χ4n) is 3.81. The van der Waals surface area contributed by atoms with Crippen molar-refractivity contribution in [1.29, 1.82) is 0 Å². The van der Waals surface area contributed by atoms with Crippen molar-refractivity contribution in [3.8, 4) is 0 Å². The van der Waals surface area contributed by atoms with Crippen LogP contribution in [0.15, 0.2) is 11.3 Å². The molecule has 0 radical (unpaired) electrons. The monoisotopic (exact) mass is 411 g/mol. The van der Waals surface area contributed by atoms with Gasteiger partial charge in [0.2, 0.25) is 5.91 Å². The first-order chi connectivity index (χ1) is 13.3. The van der Waals surface area contributed by atoms with E-state index in [2.05, 4.69) is 10.6 Å². The molecule has 3 rings (SSSR count). The van der Waals surface area contributed by atoms with Gasteiger partial charge in [-0.3, -0.25) is 4.79 Å². The minimum absolute atomic E-state index is 0.0536. The van der Waals surface area contributed by atoms with E-state index in [1.807, 2.05) is 13.8 Å². The molecule has 0 aromatic carbocycles. The van der Waals surface area contributed by atoms with E-state index in [1.165, 1.54) is 0 Å². The molecule has 0 bridgehead atoms. The highest BCUT2D eigenvalue weighted by molar-refractivity contribution is 8.01. The van der Waals surface area contributed by atoms with Crippen LogP contribution >= 0.6 is 11.8 Å². The first kappa shape index (κ1) is 20.5. The zero-order valence-electron chi connectivity index (χ0n) is 16.2. The third-order valence-corrected chi connectivity index (χ3v) is 6.73. The van der Waals surface area contributed by atoms with Crippen molar-refractivity contribution in [3.05, 3.63) is 11.3 Å². The molecule has 28 heavy (non-hydrogen) atoms. The number of urea groups is 1. The maximum Gasteiger partial charge on any atom is 0.338 e. The molecular formula is C18H25N3O6S. The lowest BCUT2D eigenvalue weighted by molar-refractivity contribution is -0.153. The number of carbonyl (C=O) groups is 4. The second-order valence-electron chi connectivity index (χ2n) is 7.05. The van der Waals surface area contributed by atoms with Crippen molar-refractivity contribution >= 4 is 35.6 Å². The summed E-state index contributed by atoms with van der Waals surface area (Å²) in [7, 11) is 0. The lowest BCUT2D eigenvalue weighted by Gasteiger charge is -2.30. The number of esters is 2. The minimum atomic E-state index is -0.656. The summed E-state index contributed by atoms with van der Waals surface area (Å²) in [6, 6.07) is -1.65. The summed E-state index contributed by atoms with van der Waals surface area (Å²) in [4.78, 5) is 50.3. The fraction of sp³-hybridized carbons (Fsp3) is 0.667. The van der Waals surface area contributed by atoms with Gasteiger partial charge in [-0.1, -0.05) is 6.92 Å². The summed E-state index contributed by atoms with van der Waals surface area (Å²) in [6.45, 7) is 5.39. The van der Waals surface area contributed by atoms with E-state index < -0.39 is 30.1 Å². The van der Waals surface area contributed by atoms with Crippen LogP contribution in [0.5, 0.6) is 0 Å². The molecular weight excluding hydrogens is 386 g/mol. The van der Waals surface area contributed by atoms with Gasteiger partial charge in [-0.25, -0.2) is 14.4 Å². The van der Waals surface area contributed by atoms with Crippen molar-refractivity contribution in [2.45, 2.75) is 57.0 Å². The molecule has 2 N–H and O–H groups in total. The second-order valence-corrected chi connectivity index (χ2v) is 8.55. The molecule has 3 heterocycles. The average Bonchev–Trinajstić information content (AvgIpc) is 3.15. The standard InChI is InChI=1S/C18H25N3O6S/c1-4-10-14(16(24)26-5-2)11(20-17(25)19-10)8-27-15(23)12-9-28-18(3)7-6-13(22)21(12)18/h10,12H,4-9H2,1-3H3,(H2,19,20,25)/t10-,12+,18-/m0/s1. The normalized spacial score (nSPS) is 29.3. The van der Waals surface area contributed by atoms with Crippen molar-refractivity contribution in [3.63, 3.8) is 0 Å². The van der Waals surface area contributed by atoms with Crippen LogP contribution in [0.25, 0.3) is 0 Å². The van der Waals surface area contributed by atoms with Crippen LogP contribution in [-0.4, -0.2) is 64.7 Å². The number of carbonyl (C=O) groups excluding carboxylic acids is 4. The molecule has 9 nitrogen and oxygen atoms in total. The molecule has 0 spiro atoms. The minimum Gasteiger partial charge on any atom is -0.463 e. The number of hydrogen-bond donors (Lipinski definition) is 2. The van der Waals surface area contributed by atoms with Crippen LogP contribution in [0.2, 0.25) is 0 Å². The zero-order chi connectivity index (χ0) is 20.5. The highest BCUT2D eigenvalue weighted by atomic mass is 32.2. The summed E-state index contributed by atoms with van der Waals surface area (Å²) in [5, 5.41) is 5.21. The Morgan fingerprint density at radius 2 is 2.04 bits per heavy atom. The molecule has 3 amide bonds. The van der Waals surface area contributed by atoms with Crippen LogP contribution < -0.4 is 10.6 Å². The number of nitrogens with zero attached hydrogens (tertiary/aromatic N) is 1. The van der Waals surface area contributed by atoms with Gasteiger partial charge < -0.3 is 25.0 Å². The van der Waals surface area contributed by atoms with E-state index in [0.717, 1.165) is 0 Å². The third-order valence-electron chi connectivity index (χ3n) is 5.22. The predicted octanol–water partition coefficient (Wildman–Crippen LogP) is 0.892. The molecule has 3 aliphatic rings. The Bertz CT molecular complexity index is 739. The summed E-state index contributed by atoms with van der Waals surface area (Å²) < 4.78 is 10.5. The molecule has 3 aliphatic heterocycles. The molecule has 10 heteroatoms. The number of ether oxygens (including phenoxy) is 2. The highest BCUT2D eigenvalue weighted by Crippen LogP contribution is 2.47. The first-order valence-corrected chi connectivity index (χ1v) is 10.4. The molecule has 2 fully saturated rings. The Labute approximate surface area is 167 Å². The van der Waals surface area contributed by atoms with Gasteiger partial charge in [0.25, 0.3) is 0 Å². The smallest absolute Gasteiger partial charge is 0.338 e. The largest absolute Gasteiger partial charge is 0.463 e. The predicted molar refractivity (Wildman–Crippen MR) is 101 cm³/mol. The van der Waals surface area contributed by atoms with Crippen LogP contribution in [0.1, 0.15) is 40.0 Å². The Hall–Kier alpha value is -2.23. The third kappa shape index (κ3) is 3.69. The summed E-state index contributed by atoms with van der Waals surface area (Å²) in [5.74, 6) is -0.687. The molecule has 0 aromatic rings. The lowest BCUT2D eigenvalue weighted by atomic mass is 10.0. The second kappa shape index (κ2) is 8.02. The van der Waals surface area contributed by atoms with Crippen LogP contribution in [0.4, 0.5) is 4.79 Å². The van der Waals surface area contributed by atoms with E-state index in [0.29, 0.717) is 25.0 Å². The fourth-order valence-corrected chi connectivity index (χ4v) is 5.23. The van der Waals surface area contributed by atoms with Crippen molar-refractivity contribution in [2.75, 3.05) is 19.0 Å². The molecule has 3 atom stereocenters. The van der Waals surface area contributed by atoms with Crippen LogP contribution in [-0.2, 0) is 23.9 Å². The Morgan fingerprint density at radius 1 is 1.29 bits per heavy atom. The van der Waals surface area contributed by atoms with Gasteiger partial charge in [0, 0.05) is 12.2 Å². The van der Waals surface area contributed by atoms with Gasteiger partial charge >= 0.3 is 18.0 Å². The van der Waals surface area contributed by atoms with Crippen molar-refractivity contribution in [1.82, 2.24) is 15.5 Å². The molecule has 0 unspecified atom stereocenters. The van der Waals surface area contributed by atoms with Crippen LogP contribution in [0, 0.1) is 0 Å². The number of hydrogen-bond acceptors (Lipinski definition) is 7. The first-order valence-electron chi connectivity index (χ1n) is 9.41. The van der Waals surface area contributed by atoms with Crippen LogP contribution in [0.3, 0.4) is 0 Å². The van der Waals surface area contributed by atoms with Crippen molar-refractivity contribution in [2.24, 2.45) is 0 Å². The number of nitrogens with one attached hydrogen (secondary N) is 2.